The van der Waals surface area contributed by atoms with E-state index in [1.807, 2.05) is 60.7 Å². The molecule has 0 saturated heterocycles. The van der Waals surface area contributed by atoms with Gasteiger partial charge in [-0.1, -0.05) is 98.8 Å². The maximum absolute atomic E-state index is 13.7. The van der Waals surface area contributed by atoms with Gasteiger partial charge >= 0.3 is 0 Å². The normalized spacial score (nSPS) is 13.9. The number of nitrogens with one attached hydrogen (secondary N) is 2. The first kappa shape index (κ1) is 23.6. The van der Waals surface area contributed by atoms with Crippen molar-refractivity contribution >= 4 is 22.9 Å². The third-order valence-corrected chi connectivity index (χ3v) is 7.01. The van der Waals surface area contributed by atoms with Gasteiger partial charge in [0.2, 0.25) is 0 Å². The first-order valence-corrected chi connectivity index (χ1v) is 12.5. The van der Waals surface area contributed by atoms with Gasteiger partial charge in [0.15, 0.2) is 11.6 Å². The molecule has 4 aromatic rings. The lowest BCUT2D eigenvalue weighted by atomic mass is 9.82. The third-order valence-electron chi connectivity index (χ3n) is 7.01. The lowest BCUT2D eigenvalue weighted by Crippen LogP contribution is -2.25. The highest BCUT2D eigenvalue weighted by Crippen LogP contribution is 2.37. The van der Waals surface area contributed by atoms with Crippen molar-refractivity contribution in [3.05, 3.63) is 130 Å². The molecule has 1 aliphatic rings. The Bertz CT molecular complexity index is 1290. The smallest absolute Gasteiger partial charge is 0.196 e. The lowest BCUT2D eigenvalue weighted by Gasteiger charge is -2.25. The zero-order valence-electron chi connectivity index (χ0n) is 20.6. The van der Waals surface area contributed by atoms with Gasteiger partial charge in [-0.2, -0.15) is 0 Å². The highest BCUT2D eigenvalue weighted by molar-refractivity contribution is 6.31. The second-order valence-electron chi connectivity index (χ2n) is 9.50. The second-order valence-corrected chi connectivity index (χ2v) is 9.50. The van der Waals surface area contributed by atoms with Gasteiger partial charge in [0, 0.05) is 35.6 Å². The number of fused-ring (bicyclic) bond motifs is 2. The number of carbonyl (C=O) groups excluding carboxylic acids is 2. The van der Waals surface area contributed by atoms with E-state index < -0.39 is 0 Å². The largest absolute Gasteiger partial charge is 0.384 e. The molecule has 0 heterocycles. The average Bonchev–Trinajstić information content (AvgIpc) is 2.94. The molecule has 4 aromatic carbocycles. The van der Waals surface area contributed by atoms with Crippen LogP contribution in [0.5, 0.6) is 0 Å². The highest BCUT2D eigenvalue weighted by Gasteiger charge is 2.34. The van der Waals surface area contributed by atoms with Crippen LogP contribution in [0.4, 0.5) is 11.4 Å². The molecule has 0 fully saturated rings. The van der Waals surface area contributed by atoms with Gasteiger partial charge in [-0.05, 0) is 35.1 Å². The maximum Gasteiger partial charge on any atom is 0.196 e. The molecule has 1 aliphatic carbocycles. The van der Waals surface area contributed by atoms with Crippen molar-refractivity contribution in [3.8, 4) is 0 Å². The summed E-state index contributed by atoms with van der Waals surface area (Å²) >= 11 is 0. The fraction of sp³-hybridized carbons (Fsp3) is 0.188. The molecule has 0 saturated carbocycles. The van der Waals surface area contributed by atoms with Crippen molar-refractivity contribution in [2.45, 2.75) is 25.7 Å². The van der Waals surface area contributed by atoms with E-state index in [-0.39, 0.29) is 23.4 Å². The summed E-state index contributed by atoms with van der Waals surface area (Å²) in [4.78, 5) is 27.4. The zero-order chi connectivity index (χ0) is 25.1. The van der Waals surface area contributed by atoms with Gasteiger partial charge in [0.1, 0.15) is 0 Å². The van der Waals surface area contributed by atoms with Crippen LogP contribution in [0.15, 0.2) is 97.1 Å². The van der Waals surface area contributed by atoms with Crippen LogP contribution in [0.2, 0.25) is 0 Å². The van der Waals surface area contributed by atoms with Gasteiger partial charge in [-0.3, -0.25) is 9.59 Å². The molecule has 4 heteroatoms. The van der Waals surface area contributed by atoms with Crippen LogP contribution in [0, 0.1) is 0 Å². The summed E-state index contributed by atoms with van der Waals surface area (Å²) in [5.41, 5.74) is 5.67. The standard InChI is InChI=1S/C32H30N2O2/c1-21(23-11-5-3-6-12-23)19-33-27-17-18-28(34-20-22(2)24-13-7-4-8-14-24)30-29(27)31(35)25-15-9-10-16-26(25)32(30)36/h3-18,21-22,33-34H,19-20H2,1-2H3. The number of rotatable bonds is 8. The molecule has 36 heavy (non-hydrogen) atoms. The minimum Gasteiger partial charge on any atom is -0.384 e. The summed E-state index contributed by atoms with van der Waals surface area (Å²) in [6.07, 6.45) is 0. The van der Waals surface area contributed by atoms with E-state index in [0.29, 0.717) is 46.7 Å². The van der Waals surface area contributed by atoms with Crippen molar-refractivity contribution in [2.24, 2.45) is 0 Å². The Morgan fingerprint density at radius 1 is 0.528 bits per heavy atom. The Morgan fingerprint density at radius 2 is 0.889 bits per heavy atom. The van der Waals surface area contributed by atoms with Gasteiger partial charge in [-0.15, -0.1) is 0 Å². The van der Waals surface area contributed by atoms with Crippen molar-refractivity contribution < 1.29 is 9.59 Å². The van der Waals surface area contributed by atoms with Crippen molar-refractivity contribution in [1.29, 1.82) is 0 Å². The number of ketones is 2. The molecule has 2 atom stereocenters. The Kier molecular flexibility index (Phi) is 6.68. The van der Waals surface area contributed by atoms with Gasteiger partial charge in [-0.25, -0.2) is 0 Å². The predicted octanol–water partition coefficient (Wildman–Crippen LogP) is 6.89. The van der Waals surface area contributed by atoms with E-state index in [0.717, 1.165) is 0 Å². The topological polar surface area (TPSA) is 58.2 Å². The van der Waals surface area contributed by atoms with Crippen LogP contribution in [0.3, 0.4) is 0 Å². The summed E-state index contributed by atoms with van der Waals surface area (Å²) in [6.45, 7) is 5.60. The molecule has 0 spiro atoms. The van der Waals surface area contributed by atoms with E-state index in [9.17, 15) is 9.59 Å². The third kappa shape index (κ3) is 4.55. The van der Waals surface area contributed by atoms with E-state index >= 15 is 0 Å². The van der Waals surface area contributed by atoms with E-state index in [1.165, 1.54) is 11.1 Å². The molecule has 4 nitrogen and oxygen atoms in total. The Labute approximate surface area is 212 Å². The minimum atomic E-state index is -0.116. The predicted molar refractivity (Wildman–Crippen MR) is 146 cm³/mol. The Morgan fingerprint density at radius 3 is 1.28 bits per heavy atom. The number of hydrogen-bond donors (Lipinski definition) is 2. The number of benzene rings is 4. The molecule has 0 aliphatic heterocycles. The number of carbonyl (C=O) groups is 2. The average molecular weight is 475 g/mol. The maximum atomic E-state index is 13.7. The zero-order valence-corrected chi connectivity index (χ0v) is 20.6. The van der Waals surface area contributed by atoms with E-state index in [2.05, 4.69) is 48.7 Å². The molecule has 5 rings (SSSR count). The Balaban J connectivity index is 1.47. The van der Waals surface area contributed by atoms with Gasteiger partial charge in [0.05, 0.1) is 11.1 Å². The van der Waals surface area contributed by atoms with Crippen LogP contribution in [0.25, 0.3) is 0 Å². The molecule has 0 amide bonds. The molecule has 0 radical (unpaired) electrons. The van der Waals surface area contributed by atoms with Crippen LogP contribution < -0.4 is 10.6 Å². The number of hydrogen-bond acceptors (Lipinski definition) is 4. The minimum absolute atomic E-state index is 0.116. The first-order valence-electron chi connectivity index (χ1n) is 12.5. The fourth-order valence-electron chi connectivity index (χ4n) is 4.84. The van der Waals surface area contributed by atoms with Crippen LogP contribution in [-0.4, -0.2) is 24.7 Å². The van der Waals surface area contributed by atoms with Gasteiger partial charge in [0.25, 0.3) is 0 Å². The van der Waals surface area contributed by atoms with Crippen molar-refractivity contribution in [1.82, 2.24) is 0 Å². The Hall–Kier alpha value is -4.18. The summed E-state index contributed by atoms with van der Waals surface area (Å²) in [7, 11) is 0. The molecule has 2 unspecified atom stereocenters. The van der Waals surface area contributed by atoms with Crippen LogP contribution >= 0.6 is 0 Å². The molecular formula is C32H30N2O2. The highest BCUT2D eigenvalue weighted by atomic mass is 16.1. The SMILES string of the molecule is CC(CNc1ccc(NCC(C)c2ccccc2)c2c1C(=O)c1ccccc1C2=O)c1ccccc1. The van der Waals surface area contributed by atoms with Crippen molar-refractivity contribution in [3.63, 3.8) is 0 Å². The molecular weight excluding hydrogens is 444 g/mol. The van der Waals surface area contributed by atoms with E-state index in [4.69, 9.17) is 0 Å². The monoisotopic (exact) mass is 474 g/mol. The van der Waals surface area contributed by atoms with Crippen molar-refractivity contribution in [2.75, 3.05) is 23.7 Å². The summed E-state index contributed by atoms with van der Waals surface area (Å²) < 4.78 is 0. The summed E-state index contributed by atoms with van der Waals surface area (Å²) in [5.74, 6) is 0.255. The molecule has 2 N–H and O–H groups in total. The lowest BCUT2D eigenvalue weighted by molar-refractivity contribution is 0.0980. The van der Waals surface area contributed by atoms with Crippen LogP contribution in [0.1, 0.15) is 68.7 Å². The molecule has 0 aromatic heterocycles. The fourth-order valence-corrected chi connectivity index (χ4v) is 4.84. The molecule has 0 bridgehead atoms. The van der Waals surface area contributed by atoms with E-state index in [1.54, 1.807) is 12.1 Å². The molecule has 180 valence electrons. The number of anilines is 2. The quantitative estimate of drug-likeness (QED) is 0.257. The summed E-state index contributed by atoms with van der Waals surface area (Å²) in [6, 6.07) is 31.5. The first-order chi connectivity index (χ1) is 17.5. The van der Waals surface area contributed by atoms with Crippen LogP contribution in [-0.2, 0) is 0 Å². The second kappa shape index (κ2) is 10.2. The van der Waals surface area contributed by atoms with Gasteiger partial charge < -0.3 is 10.6 Å². The summed E-state index contributed by atoms with van der Waals surface area (Å²) in [5, 5.41) is 6.94.